The summed E-state index contributed by atoms with van der Waals surface area (Å²) < 4.78 is 12.0. The molecule has 5 nitrogen and oxygen atoms in total. The van der Waals surface area contributed by atoms with Gasteiger partial charge >= 0.3 is 0 Å². The van der Waals surface area contributed by atoms with Crippen molar-refractivity contribution in [2.75, 3.05) is 73.1 Å². The molecule has 0 atom stereocenters. The van der Waals surface area contributed by atoms with E-state index in [-0.39, 0.29) is 0 Å². The van der Waals surface area contributed by atoms with Crippen LogP contribution in [0.25, 0.3) is 0 Å². The third-order valence-electron chi connectivity index (χ3n) is 8.38. The maximum Gasteiger partial charge on any atom is 0.239 e. The lowest BCUT2D eigenvalue weighted by Crippen LogP contribution is -2.76. The van der Waals surface area contributed by atoms with Crippen molar-refractivity contribution in [3.8, 4) is 0 Å². The van der Waals surface area contributed by atoms with E-state index in [1.54, 1.807) is 5.19 Å². The molecular formula is C28H54N4OSi2. The van der Waals surface area contributed by atoms with Gasteiger partial charge in [0.25, 0.3) is 0 Å². The van der Waals surface area contributed by atoms with Crippen molar-refractivity contribution < 1.29 is 4.43 Å². The SMILES string of the molecule is CCO[Si](C)(C)CCCCCCCC[Si](c1ccccc1)(N1CCN(C)CC1)N1CCN(C)CC1. The molecule has 3 rings (SSSR count). The van der Waals surface area contributed by atoms with Crippen LogP contribution in [-0.4, -0.2) is 109 Å². The number of likely N-dealkylation sites (N-methyl/N-ethyl adjacent to an activating group) is 2. The van der Waals surface area contributed by atoms with Crippen molar-refractivity contribution in [2.24, 2.45) is 0 Å². The first kappa shape index (κ1) is 29.0. The van der Waals surface area contributed by atoms with Gasteiger partial charge in [0.05, 0.1) is 0 Å². The number of hydrogen-bond acceptors (Lipinski definition) is 5. The lowest BCUT2D eigenvalue weighted by Gasteiger charge is -2.53. The van der Waals surface area contributed by atoms with Crippen LogP contribution in [0.5, 0.6) is 0 Å². The summed E-state index contributed by atoms with van der Waals surface area (Å²) in [7, 11) is 1.24. The highest BCUT2D eigenvalue weighted by molar-refractivity contribution is 6.87. The van der Waals surface area contributed by atoms with Gasteiger partial charge < -0.3 is 23.4 Å². The van der Waals surface area contributed by atoms with Gasteiger partial charge in [0.15, 0.2) is 8.32 Å². The van der Waals surface area contributed by atoms with Crippen LogP contribution in [0.2, 0.25) is 25.2 Å². The molecule has 0 N–H and O–H groups in total. The summed E-state index contributed by atoms with van der Waals surface area (Å²) in [6.07, 6.45) is 8.27. The Morgan fingerprint density at radius 3 is 1.60 bits per heavy atom. The van der Waals surface area contributed by atoms with Crippen molar-refractivity contribution in [1.29, 1.82) is 0 Å². The van der Waals surface area contributed by atoms with Crippen LogP contribution in [0.15, 0.2) is 30.3 Å². The molecule has 0 aliphatic carbocycles. The fourth-order valence-electron chi connectivity index (χ4n) is 6.18. The Morgan fingerprint density at radius 1 is 0.657 bits per heavy atom. The molecule has 0 bridgehead atoms. The molecular weight excluding hydrogens is 465 g/mol. The van der Waals surface area contributed by atoms with E-state index in [9.17, 15) is 0 Å². The van der Waals surface area contributed by atoms with Crippen LogP contribution in [-0.2, 0) is 4.43 Å². The summed E-state index contributed by atoms with van der Waals surface area (Å²) >= 11 is 0. The second kappa shape index (κ2) is 14.4. The molecule has 2 aliphatic heterocycles. The molecule has 2 heterocycles. The maximum absolute atomic E-state index is 6.01. The third kappa shape index (κ3) is 8.49. The molecule has 1 aromatic rings. The predicted octanol–water partition coefficient (Wildman–Crippen LogP) is 4.41. The van der Waals surface area contributed by atoms with Gasteiger partial charge in [-0.3, -0.25) is 0 Å². The topological polar surface area (TPSA) is 22.2 Å². The number of benzene rings is 1. The smallest absolute Gasteiger partial charge is 0.239 e. The van der Waals surface area contributed by atoms with Crippen LogP contribution in [0.4, 0.5) is 0 Å². The molecule has 0 radical (unpaired) electrons. The van der Waals surface area contributed by atoms with Crippen LogP contribution < -0.4 is 5.19 Å². The van der Waals surface area contributed by atoms with Gasteiger partial charge in [-0.2, -0.15) is 0 Å². The summed E-state index contributed by atoms with van der Waals surface area (Å²) in [6.45, 7) is 17.5. The molecule has 200 valence electrons. The molecule has 2 aliphatic rings. The first-order valence-corrected chi connectivity index (χ1v) is 19.7. The van der Waals surface area contributed by atoms with Crippen molar-refractivity contribution in [1.82, 2.24) is 18.9 Å². The highest BCUT2D eigenvalue weighted by atomic mass is 28.4. The van der Waals surface area contributed by atoms with E-state index in [2.05, 4.69) is 83.4 Å². The summed E-state index contributed by atoms with van der Waals surface area (Å²) in [5.74, 6) is 0. The Bertz CT molecular complexity index is 682. The first-order valence-electron chi connectivity index (χ1n) is 14.4. The largest absolute Gasteiger partial charge is 0.418 e. The minimum Gasteiger partial charge on any atom is -0.418 e. The van der Waals surface area contributed by atoms with E-state index < -0.39 is 16.7 Å². The van der Waals surface area contributed by atoms with Crippen LogP contribution in [0.1, 0.15) is 45.4 Å². The maximum atomic E-state index is 6.01. The molecule has 35 heavy (non-hydrogen) atoms. The van der Waals surface area contributed by atoms with E-state index >= 15 is 0 Å². The van der Waals surface area contributed by atoms with Gasteiger partial charge in [0.2, 0.25) is 8.40 Å². The Morgan fingerprint density at radius 2 is 1.11 bits per heavy atom. The predicted molar refractivity (Wildman–Crippen MR) is 156 cm³/mol. The molecule has 7 heteroatoms. The lowest BCUT2D eigenvalue weighted by molar-refractivity contribution is 0.173. The normalized spacial score (nSPS) is 19.9. The standard InChI is InChI=1S/C28H54N4OSi2/c1-6-33-34(4,5)26-14-9-7-8-10-15-27-35(28-16-12-11-13-17-28,31-22-18-29(2)19-23-31)32-24-20-30(3)21-25-32/h11-13,16-17H,6-10,14-15,18-27H2,1-5H3. The van der Waals surface area contributed by atoms with E-state index in [1.165, 1.54) is 103 Å². The molecule has 0 aromatic heterocycles. The van der Waals surface area contributed by atoms with Gasteiger partial charge in [-0.1, -0.05) is 68.9 Å². The Balaban J connectivity index is 1.62. The second-order valence-electron chi connectivity index (χ2n) is 11.6. The summed E-state index contributed by atoms with van der Waals surface area (Å²) in [5.41, 5.74) is 0. The van der Waals surface area contributed by atoms with Gasteiger partial charge in [-0.05, 0) is 51.4 Å². The molecule has 2 fully saturated rings. The van der Waals surface area contributed by atoms with E-state index in [1.807, 2.05) is 0 Å². The highest BCUT2D eigenvalue weighted by Gasteiger charge is 2.48. The fourth-order valence-corrected chi connectivity index (χ4v) is 13.6. The molecule has 0 amide bonds. The number of piperazine rings is 2. The van der Waals surface area contributed by atoms with Gasteiger partial charge in [-0.15, -0.1) is 0 Å². The number of hydrogen-bond donors (Lipinski definition) is 0. The average molecular weight is 519 g/mol. The van der Waals surface area contributed by atoms with Gasteiger partial charge in [0.1, 0.15) is 0 Å². The van der Waals surface area contributed by atoms with Crippen molar-refractivity contribution >= 4 is 21.9 Å². The van der Waals surface area contributed by atoms with Crippen LogP contribution in [0, 0.1) is 0 Å². The average Bonchev–Trinajstić information content (AvgIpc) is 2.85. The zero-order chi connectivity index (χ0) is 25.2. The zero-order valence-electron chi connectivity index (χ0n) is 23.6. The van der Waals surface area contributed by atoms with Crippen molar-refractivity contribution in [2.45, 2.75) is 70.6 Å². The summed E-state index contributed by atoms with van der Waals surface area (Å²) in [6, 6.07) is 14.4. The van der Waals surface area contributed by atoms with Gasteiger partial charge in [-0.25, -0.2) is 0 Å². The molecule has 0 saturated carbocycles. The lowest BCUT2D eigenvalue weighted by atomic mass is 10.1. The monoisotopic (exact) mass is 518 g/mol. The highest BCUT2D eigenvalue weighted by Crippen LogP contribution is 2.27. The van der Waals surface area contributed by atoms with Gasteiger partial charge in [0, 0.05) is 59.0 Å². The van der Waals surface area contributed by atoms with E-state index in [4.69, 9.17) is 4.43 Å². The molecule has 0 spiro atoms. The molecule has 2 saturated heterocycles. The summed E-state index contributed by atoms with van der Waals surface area (Å²) in [5, 5.41) is 1.65. The zero-order valence-corrected chi connectivity index (χ0v) is 25.6. The van der Waals surface area contributed by atoms with E-state index in [0.717, 1.165) is 6.61 Å². The van der Waals surface area contributed by atoms with Crippen molar-refractivity contribution in [3.63, 3.8) is 0 Å². The fraction of sp³-hybridized carbons (Fsp3) is 0.786. The second-order valence-corrected chi connectivity index (χ2v) is 19.9. The molecule has 1 aromatic carbocycles. The Kier molecular flexibility index (Phi) is 11.9. The van der Waals surface area contributed by atoms with E-state index in [0.29, 0.717) is 0 Å². The number of rotatable bonds is 14. The minimum atomic E-state index is -1.94. The van der Waals surface area contributed by atoms with Crippen LogP contribution >= 0.6 is 0 Å². The third-order valence-corrected chi connectivity index (χ3v) is 16.3. The quantitative estimate of drug-likeness (QED) is 0.268. The summed E-state index contributed by atoms with van der Waals surface area (Å²) in [4.78, 5) is 5.03. The van der Waals surface area contributed by atoms with Crippen LogP contribution in [0.3, 0.4) is 0 Å². The molecule has 0 unspecified atom stereocenters. The Labute approximate surface area is 219 Å². The first-order chi connectivity index (χ1) is 16.9. The van der Waals surface area contributed by atoms with Crippen molar-refractivity contribution in [3.05, 3.63) is 30.3 Å². The number of nitrogens with zero attached hydrogens (tertiary/aromatic N) is 4. The minimum absolute atomic E-state index is 0.882. The number of unbranched alkanes of at least 4 members (excludes halogenated alkanes) is 5. The Hall–Kier alpha value is -0.546.